The van der Waals surface area contributed by atoms with E-state index in [0.717, 1.165) is 12.1 Å². The second kappa shape index (κ2) is 3.36. The molecule has 0 fully saturated rings. The number of rotatable bonds is 2. The second-order valence-electron chi connectivity index (χ2n) is 4.04. The van der Waals surface area contributed by atoms with Gasteiger partial charge in [0.05, 0.1) is 0 Å². The molecule has 0 unspecified atom stereocenters. The molecule has 0 radical (unpaired) electrons. The third-order valence-corrected chi connectivity index (χ3v) is 2.64. The first kappa shape index (κ1) is 10.0. The van der Waals surface area contributed by atoms with Crippen molar-refractivity contribution in [1.82, 2.24) is 4.57 Å². The molecule has 0 aliphatic rings. The average Bonchev–Trinajstić information content (AvgIpc) is 2.03. The Morgan fingerprint density at radius 1 is 1.46 bits per heavy atom. The Hall–Kier alpha value is -1.05. The molecule has 0 bridgehead atoms. The molecule has 13 heavy (non-hydrogen) atoms. The minimum Gasteiger partial charge on any atom is -0.346 e. The highest BCUT2D eigenvalue weighted by Crippen LogP contribution is 2.19. The second-order valence-corrected chi connectivity index (χ2v) is 4.04. The Bertz CT molecular complexity index is 349. The SMILES string of the molecule is CCC(C)(C)n1ccc(=O)cc1C. The molecule has 2 nitrogen and oxygen atoms in total. The van der Waals surface area contributed by atoms with E-state index in [1.807, 2.05) is 13.1 Å². The van der Waals surface area contributed by atoms with Crippen molar-refractivity contribution in [2.75, 3.05) is 0 Å². The summed E-state index contributed by atoms with van der Waals surface area (Å²) in [7, 11) is 0. The smallest absolute Gasteiger partial charge is 0.181 e. The highest BCUT2D eigenvalue weighted by molar-refractivity contribution is 5.07. The van der Waals surface area contributed by atoms with Gasteiger partial charge in [0.15, 0.2) is 5.43 Å². The number of aromatic nitrogens is 1. The van der Waals surface area contributed by atoms with E-state index in [2.05, 4.69) is 25.3 Å². The van der Waals surface area contributed by atoms with Gasteiger partial charge in [0.25, 0.3) is 0 Å². The lowest BCUT2D eigenvalue weighted by molar-refractivity contribution is 0.333. The molecule has 0 spiro atoms. The Morgan fingerprint density at radius 2 is 2.08 bits per heavy atom. The minimum absolute atomic E-state index is 0.0839. The van der Waals surface area contributed by atoms with Gasteiger partial charge in [0, 0.05) is 29.6 Å². The molecule has 1 aromatic heterocycles. The molecule has 2 heteroatoms. The van der Waals surface area contributed by atoms with Gasteiger partial charge >= 0.3 is 0 Å². The van der Waals surface area contributed by atoms with Gasteiger partial charge in [-0.05, 0) is 27.2 Å². The van der Waals surface area contributed by atoms with E-state index >= 15 is 0 Å². The normalized spacial score (nSPS) is 11.7. The monoisotopic (exact) mass is 179 g/mol. The van der Waals surface area contributed by atoms with E-state index in [9.17, 15) is 4.79 Å². The standard InChI is InChI=1S/C11H17NO/c1-5-11(3,4)12-7-6-10(13)8-9(12)2/h6-8H,5H2,1-4H3. The van der Waals surface area contributed by atoms with Crippen LogP contribution >= 0.6 is 0 Å². The zero-order valence-corrected chi connectivity index (χ0v) is 8.79. The number of hydrogen-bond acceptors (Lipinski definition) is 1. The van der Waals surface area contributed by atoms with Crippen molar-refractivity contribution in [2.45, 2.75) is 39.7 Å². The molecule has 0 saturated heterocycles. The van der Waals surface area contributed by atoms with Crippen molar-refractivity contribution in [2.24, 2.45) is 0 Å². The minimum atomic E-state index is 0.0839. The van der Waals surface area contributed by atoms with Gasteiger partial charge in [-0.25, -0.2) is 0 Å². The molecular weight excluding hydrogens is 162 g/mol. The Kier molecular flexibility index (Phi) is 2.60. The van der Waals surface area contributed by atoms with Gasteiger partial charge < -0.3 is 4.57 Å². The maximum absolute atomic E-state index is 11.0. The maximum Gasteiger partial charge on any atom is 0.181 e. The molecule has 1 rings (SSSR count). The van der Waals surface area contributed by atoms with E-state index in [0.29, 0.717) is 0 Å². The predicted octanol–water partition coefficient (Wildman–Crippen LogP) is 2.30. The van der Waals surface area contributed by atoms with E-state index in [4.69, 9.17) is 0 Å². The lowest BCUT2D eigenvalue weighted by atomic mass is 10.0. The fourth-order valence-electron chi connectivity index (χ4n) is 1.44. The van der Waals surface area contributed by atoms with Crippen LogP contribution in [0.2, 0.25) is 0 Å². The summed E-state index contributed by atoms with van der Waals surface area (Å²) in [6.07, 6.45) is 2.93. The van der Waals surface area contributed by atoms with Gasteiger partial charge in [0.1, 0.15) is 0 Å². The van der Waals surface area contributed by atoms with Gasteiger partial charge in [-0.15, -0.1) is 0 Å². The van der Waals surface area contributed by atoms with Gasteiger partial charge in [0.2, 0.25) is 0 Å². The lowest BCUT2D eigenvalue weighted by Crippen LogP contribution is -2.28. The van der Waals surface area contributed by atoms with Crippen LogP contribution in [0.3, 0.4) is 0 Å². The third kappa shape index (κ3) is 2.00. The molecule has 0 atom stereocenters. The van der Waals surface area contributed by atoms with Crippen molar-refractivity contribution in [3.8, 4) is 0 Å². The highest BCUT2D eigenvalue weighted by atomic mass is 16.1. The van der Waals surface area contributed by atoms with Crippen molar-refractivity contribution in [3.63, 3.8) is 0 Å². The summed E-state index contributed by atoms with van der Waals surface area (Å²) in [5, 5.41) is 0. The molecule has 1 heterocycles. The molecular formula is C11H17NO. The van der Waals surface area contributed by atoms with Crippen molar-refractivity contribution >= 4 is 0 Å². The first-order chi connectivity index (χ1) is 5.97. The van der Waals surface area contributed by atoms with Gasteiger partial charge in [-0.1, -0.05) is 6.92 Å². The van der Waals surface area contributed by atoms with Crippen LogP contribution in [0.1, 0.15) is 32.9 Å². The van der Waals surface area contributed by atoms with Crippen LogP contribution in [0, 0.1) is 6.92 Å². The zero-order valence-electron chi connectivity index (χ0n) is 8.79. The summed E-state index contributed by atoms with van der Waals surface area (Å²) >= 11 is 0. The maximum atomic E-state index is 11.0. The van der Waals surface area contributed by atoms with Gasteiger partial charge in [-0.2, -0.15) is 0 Å². The number of hydrogen-bond donors (Lipinski definition) is 0. The van der Waals surface area contributed by atoms with E-state index in [1.165, 1.54) is 0 Å². The fourth-order valence-corrected chi connectivity index (χ4v) is 1.44. The summed E-state index contributed by atoms with van der Waals surface area (Å²) in [4.78, 5) is 11.0. The molecule has 72 valence electrons. The number of nitrogens with zero attached hydrogens (tertiary/aromatic N) is 1. The summed E-state index contributed by atoms with van der Waals surface area (Å²) < 4.78 is 2.15. The molecule has 0 amide bonds. The van der Waals surface area contributed by atoms with Crippen LogP contribution in [0.25, 0.3) is 0 Å². The summed E-state index contributed by atoms with van der Waals surface area (Å²) in [5.41, 5.74) is 1.21. The summed E-state index contributed by atoms with van der Waals surface area (Å²) in [5.74, 6) is 0. The Labute approximate surface area is 79.2 Å². The van der Waals surface area contributed by atoms with Crippen LogP contribution in [0.15, 0.2) is 23.1 Å². The number of pyridine rings is 1. The predicted molar refractivity (Wildman–Crippen MR) is 55.1 cm³/mol. The van der Waals surface area contributed by atoms with Crippen LogP contribution in [0.5, 0.6) is 0 Å². The topological polar surface area (TPSA) is 22.0 Å². The van der Waals surface area contributed by atoms with Crippen molar-refractivity contribution < 1.29 is 0 Å². The summed E-state index contributed by atoms with van der Waals surface area (Å²) in [6, 6.07) is 3.29. The highest BCUT2D eigenvalue weighted by Gasteiger charge is 2.17. The van der Waals surface area contributed by atoms with E-state index < -0.39 is 0 Å². The van der Waals surface area contributed by atoms with Crippen LogP contribution < -0.4 is 5.43 Å². The van der Waals surface area contributed by atoms with Crippen molar-refractivity contribution in [3.05, 3.63) is 34.2 Å². The van der Waals surface area contributed by atoms with E-state index in [1.54, 1.807) is 12.1 Å². The summed E-state index contributed by atoms with van der Waals surface area (Å²) in [6.45, 7) is 8.46. The molecule has 0 aliphatic carbocycles. The molecule has 0 aliphatic heterocycles. The third-order valence-electron chi connectivity index (χ3n) is 2.64. The quantitative estimate of drug-likeness (QED) is 0.682. The van der Waals surface area contributed by atoms with Crippen LogP contribution in [-0.2, 0) is 5.54 Å². The van der Waals surface area contributed by atoms with E-state index in [-0.39, 0.29) is 11.0 Å². The fraction of sp³-hybridized carbons (Fsp3) is 0.545. The first-order valence-electron chi connectivity index (χ1n) is 4.67. The van der Waals surface area contributed by atoms with Crippen LogP contribution in [-0.4, -0.2) is 4.57 Å². The lowest BCUT2D eigenvalue weighted by Gasteiger charge is -2.29. The molecule has 1 aromatic rings. The Morgan fingerprint density at radius 3 is 2.54 bits per heavy atom. The van der Waals surface area contributed by atoms with Crippen LogP contribution in [0.4, 0.5) is 0 Å². The molecule has 0 saturated carbocycles. The zero-order chi connectivity index (χ0) is 10.1. The molecule has 0 N–H and O–H groups in total. The van der Waals surface area contributed by atoms with Gasteiger partial charge in [-0.3, -0.25) is 4.79 Å². The Balaban J connectivity index is 3.23. The largest absolute Gasteiger partial charge is 0.346 e. The first-order valence-corrected chi connectivity index (χ1v) is 4.67. The number of aryl methyl sites for hydroxylation is 1. The van der Waals surface area contributed by atoms with Crippen molar-refractivity contribution in [1.29, 1.82) is 0 Å². The molecule has 0 aromatic carbocycles. The average molecular weight is 179 g/mol.